The molecule has 0 unspecified atom stereocenters. The molecule has 1 fully saturated rings. The SMILES string of the molecule is CCCCC1([O])CCCCC1. The van der Waals surface area contributed by atoms with Gasteiger partial charge in [-0.25, -0.2) is 5.11 Å². The Morgan fingerprint density at radius 2 is 1.82 bits per heavy atom. The van der Waals surface area contributed by atoms with E-state index in [0.29, 0.717) is 0 Å². The lowest BCUT2D eigenvalue weighted by Crippen LogP contribution is -2.29. The summed E-state index contributed by atoms with van der Waals surface area (Å²) >= 11 is 0. The van der Waals surface area contributed by atoms with Gasteiger partial charge in [0.2, 0.25) is 0 Å². The summed E-state index contributed by atoms with van der Waals surface area (Å²) in [4.78, 5) is 0. The van der Waals surface area contributed by atoms with E-state index >= 15 is 0 Å². The molecule has 1 saturated carbocycles. The molecule has 1 aliphatic carbocycles. The van der Waals surface area contributed by atoms with Gasteiger partial charge in [0, 0.05) is 0 Å². The van der Waals surface area contributed by atoms with Crippen LogP contribution < -0.4 is 0 Å². The van der Waals surface area contributed by atoms with Gasteiger partial charge in [0.15, 0.2) is 0 Å². The lowest BCUT2D eigenvalue weighted by Gasteiger charge is -2.29. The van der Waals surface area contributed by atoms with Gasteiger partial charge in [0.25, 0.3) is 0 Å². The molecule has 0 bridgehead atoms. The number of unbranched alkanes of at least 4 members (excludes halogenated alkanes) is 1. The molecule has 1 aliphatic rings. The van der Waals surface area contributed by atoms with Crippen molar-refractivity contribution >= 4 is 0 Å². The second-order valence-corrected chi connectivity index (χ2v) is 3.85. The van der Waals surface area contributed by atoms with Crippen LogP contribution in [-0.2, 0) is 5.11 Å². The van der Waals surface area contributed by atoms with Gasteiger partial charge < -0.3 is 0 Å². The molecule has 0 aliphatic heterocycles. The summed E-state index contributed by atoms with van der Waals surface area (Å²) in [5.74, 6) is 0. The van der Waals surface area contributed by atoms with Gasteiger partial charge in [-0.15, -0.1) is 0 Å². The monoisotopic (exact) mass is 155 g/mol. The first-order valence-electron chi connectivity index (χ1n) is 4.97. The summed E-state index contributed by atoms with van der Waals surface area (Å²) in [5.41, 5.74) is -0.520. The number of hydrogen-bond acceptors (Lipinski definition) is 0. The Bertz CT molecular complexity index is 103. The summed E-state index contributed by atoms with van der Waals surface area (Å²) in [6.45, 7) is 2.16. The van der Waals surface area contributed by atoms with Gasteiger partial charge in [-0.3, -0.25) is 0 Å². The standard InChI is InChI=1S/C10H19O/c1-2-3-7-10(11)8-5-4-6-9-10/h2-9H2,1H3. The molecule has 0 spiro atoms. The van der Waals surface area contributed by atoms with Gasteiger partial charge in [-0.05, 0) is 19.3 Å². The highest BCUT2D eigenvalue weighted by Crippen LogP contribution is 2.32. The van der Waals surface area contributed by atoms with Crippen LogP contribution in [0, 0.1) is 0 Å². The van der Waals surface area contributed by atoms with Crippen LogP contribution in [-0.4, -0.2) is 5.60 Å². The van der Waals surface area contributed by atoms with Crippen LogP contribution in [0.1, 0.15) is 58.3 Å². The molecule has 0 aromatic carbocycles. The van der Waals surface area contributed by atoms with Crippen molar-refractivity contribution in [3.05, 3.63) is 0 Å². The Labute approximate surface area is 69.8 Å². The Morgan fingerprint density at radius 1 is 1.18 bits per heavy atom. The van der Waals surface area contributed by atoms with E-state index < -0.39 is 5.60 Å². The van der Waals surface area contributed by atoms with Crippen molar-refractivity contribution in [2.24, 2.45) is 0 Å². The predicted octanol–water partition coefficient (Wildman–Crippen LogP) is 3.31. The van der Waals surface area contributed by atoms with Crippen molar-refractivity contribution in [3.63, 3.8) is 0 Å². The van der Waals surface area contributed by atoms with E-state index in [0.717, 1.165) is 25.7 Å². The van der Waals surface area contributed by atoms with Gasteiger partial charge >= 0.3 is 0 Å². The Kier molecular flexibility index (Phi) is 3.38. The van der Waals surface area contributed by atoms with E-state index in [1.54, 1.807) is 0 Å². The summed E-state index contributed by atoms with van der Waals surface area (Å²) < 4.78 is 0. The van der Waals surface area contributed by atoms with Gasteiger partial charge in [0.1, 0.15) is 5.60 Å². The molecule has 0 heterocycles. The lowest BCUT2D eigenvalue weighted by molar-refractivity contribution is -0.0658. The minimum atomic E-state index is -0.520. The number of rotatable bonds is 3. The van der Waals surface area contributed by atoms with Crippen LogP contribution in [0.5, 0.6) is 0 Å². The quantitative estimate of drug-likeness (QED) is 0.596. The smallest absolute Gasteiger partial charge is 0.104 e. The maximum atomic E-state index is 11.9. The van der Waals surface area contributed by atoms with Crippen molar-refractivity contribution in [2.75, 3.05) is 0 Å². The predicted molar refractivity (Wildman–Crippen MR) is 46.0 cm³/mol. The van der Waals surface area contributed by atoms with E-state index in [1.165, 1.54) is 25.7 Å². The van der Waals surface area contributed by atoms with Crippen molar-refractivity contribution in [3.8, 4) is 0 Å². The highest BCUT2D eigenvalue weighted by Gasteiger charge is 2.29. The fourth-order valence-corrected chi connectivity index (χ4v) is 1.95. The molecule has 1 nitrogen and oxygen atoms in total. The van der Waals surface area contributed by atoms with E-state index in [-0.39, 0.29) is 0 Å². The first-order chi connectivity index (χ1) is 5.27. The molecule has 0 N–H and O–H groups in total. The van der Waals surface area contributed by atoms with Crippen LogP contribution in [0.4, 0.5) is 0 Å². The zero-order valence-corrected chi connectivity index (χ0v) is 7.57. The fourth-order valence-electron chi connectivity index (χ4n) is 1.95. The zero-order valence-electron chi connectivity index (χ0n) is 7.57. The molecule has 0 aromatic heterocycles. The molecule has 0 saturated heterocycles. The largest absolute Gasteiger partial charge is 0.229 e. The van der Waals surface area contributed by atoms with E-state index in [1.807, 2.05) is 0 Å². The Hall–Kier alpha value is -0.0400. The van der Waals surface area contributed by atoms with Crippen molar-refractivity contribution in [1.82, 2.24) is 0 Å². The minimum Gasteiger partial charge on any atom is -0.229 e. The third-order valence-corrected chi connectivity index (χ3v) is 2.75. The molecular weight excluding hydrogens is 136 g/mol. The molecule has 1 heteroatoms. The van der Waals surface area contributed by atoms with E-state index in [2.05, 4.69) is 6.92 Å². The van der Waals surface area contributed by atoms with Crippen molar-refractivity contribution in [1.29, 1.82) is 0 Å². The van der Waals surface area contributed by atoms with Crippen LogP contribution in [0.25, 0.3) is 0 Å². The summed E-state index contributed by atoms with van der Waals surface area (Å²) in [7, 11) is 0. The molecule has 0 aromatic rings. The maximum Gasteiger partial charge on any atom is 0.104 e. The van der Waals surface area contributed by atoms with Crippen molar-refractivity contribution in [2.45, 2.75) is 63.9 Å². The first kappa shape index (κ1) is 9.05. The lowest BCUT2D eigenvalue weighted by atomic mass is 9.81. The molecule has 65 valence electrons. The average molecular weight is 155 g/mol. The van der Waals surface area contributed by atoms with Crippen LogP contribution >= 0.6 is 0 Å². The molecule has 0 atom stereocenters. The normalized spacial score (nSPS) is 23.5. The number of hydrogen-bond donors (Lipinski definition) is 0. The van der Waals surface area contributed by atoms with Gasteiger partial charge in [0.05, 0.1) is 0 Å². The molecule has 0 amide bonds. The first-order valence-corrected chi connectivity index (χ1v) is 4.97. The highest BCUT2D eigenvalue weighted by molar-refractivity contribution is 4.81. The third kappa shape index (κ3) is 2.82. The van der Waals surface area contributed by atoms with E-state index in [9.17, 15) is 5.11 Å². The Balaban J connectivity index is 2.25. The van der Waals surface area contributed by atoms with Gasteiger partial charge in [-0.2, -0.15) is 0 Å². The van der Waals surface area contributed by atoms with Crippen LogP contribution in [0.15, 0.2) is 0 Å². The fraction of sp³-hybridized carbons (Fsp3) is 1.00. The van der Waals surface area contributed by atoms with Crippen molar-refractivity contribution < 1.29 is 5.11 Å². The molecule has 11 heavy (non-hydrogen) atoms. The van der Waals surface area contributed by atoms with Crippen LogP contribution in [0.3, 0.4) is 0 Å². The maximum absolute atomic E-state index is 11.9. The average Bonchev–Trinajstić information content (AvgIpc) is 2.03. The second kappa shape index (κ2) is 4.10. The third-order valence-electron chi connectivity index (χ3n) is 2.75. The summed E-state index contributed by atoms with van der Waals surface area (Å²) in [6.07, 6.45) is 8.73. The Morgan fingerprint density at radius 3 is 2.36 bits per heavy atom. The summed E-state index contributed by atoms with van der Waals surface area (Å²) in [5, 5.41) is 11.9. The van der Waals surface area contributed by atoms with Crippen LogP contribution in [0.2, 0.25) is 0 Å². The summed E-state index contributed by atoms with van der Waals surface area (Å²) in [6, 6.07) is 0. The second-order valence-electron chi connectivity index (χ2n) is 3.85. The van der Waals surface area contributed by atoms with E-state index in [4.69, 9.17) is 0 Å². The molecular formula is C10H19O. The highest BCUT2D eigenvalue weighted by atomic mass is 16.3. The topological polar surface area (TPSA) is 19.9 Å². The molecule has 1 radical (unpaired) electrons. The van der Waals surface area contributed by atoms with Gasteiger partial charge in [-0.1, -0.05) is 39.0 Å². The zero-order chi connectivity index (χ0) is 8.16. The molecule has 1 rings (SSSR count). The minimum absolute atomic E-state index is 0.520.